The second kappa shape index (κ2) is 6.12. The molecule has 17 heavy (non-hydrogen) atoms. The van der Waals surface area contributed by atoms with Crippen LogP contribution in [-0.2, 0) is 11.2 Å². The van der Waals surface area contributed by atoms with Gasteiger partial charge in [-0.15, -0.1) is 11.3 Å². The number of Topliss-reactive ketones (excluding diaryl/α,β-unsaturated/α-hetero) is 1. The van der Waals surface area contributed by atoms with Crippen molar-refractivity contribution in [3.8, 4) is 0 Å². The molecule has 2 unspecified atom stereocenters. The van der Waals surface area contributed by atoms with Crippen LogP contribution in [0.1, 0.15) is 37.0 Å². The van der Waals surface area contributed by atoms with E-state index in [1.54, 1.807) is 11.3 Å². The molecule has 0 saturated heterocycles. The molecule has 1 fully saturated rings. The minimum Gasteiger partial charge on any atom is -0.327 e. The summed E-state index contributed by atoms with van der Waals surface area (Å²) in [6, 6.07) is 2.07. The standard InChI is InChI=1S/C13H18BrNOS/c14-10-6-7-17-13(10)8-12(16)9-4-2-1-3-5-11(9)15/h6-7,9,11H,1-5,8,15H2. The van der Waals surface area contributed by atoms with E-state index in [4.69, 9.17) is 5.73 Å². The smallest absolute Gasteiger partial charge is 0.142 e. The fourth-order valence-corrected chi connectivity index (χ4v) is 3.98. The second-order valence-electron chi connectivity index (χ2n) is 4.74. The Hall–Kier alpha value is -0.190. The van der Waals surface area contributed by atoms with Gasteiger partial charge in [0, 0.05) is 27.7 Å². The molecule has 2 atom stereocenters. The Morgan fingerprint density at radius 2 is 2.18 bits per heavy atom. The van der Waals surface area contributed by atoms with E-state index in [2.05, 4.69) is 15.9 Å². The van der Waals surface area contributed by atoms with Crippen LogP contribution >= 0.6 is 27.3 Å². The highest BCUT2D eigenvalue weighted by molar-refractivity contribution is 9.10. The van der Waals surface area contributed by atoms with Gasteiger partial charge in [0.05, 0.1) is 0 Å². The van der Waals surface area contributed by atoms with Crippen LogP contribution in [0.15, 0.2) is 15.9 Å². The number of hydrogen-bond acceptors (Lipinski definition) is 3. The topological polar surface area (TPSA) is 43.1 Å². The quantitative estimate of drug-likeness (QED) is 0.867. The lowest BCUT2D eigenvalue weighted by Crippen LogP contribution is -2.35. The third kappa shape index (κ3) is 3.39. The number of carbonyl (C=O) groups is 1. The first-order valence-corrected chi connectivity index (χ1v) is 7.86. The molecule has 2 N–H and O–H groups in total. The molecule has 0 spiro atoms. The van der Waals surface area contributed by atoms with Gasteiger partial charge in [-0.2, -0.15) is 0 Å². The molecule has 1 aliphatic rings. The molecule has 0 aromatic carbocycles. The maximum Gasteiger partial charge on any atom is 0.142 e. The van der Waals surface area contributed by atoms with Gasteiger partial charge in [-0.05, 0) is 40.2 Å². The molecule has 0 radical (unpaired) electrons. The average Bonchev–Trinajstić information content (AvgIpc) is 2.57. The predicted octanol–water partition coefficient (Wildman–Crippen LogP) is 3.53. The van der Waals surface area contributed by atoms with Crippen molar-refractivity contribution in [1.82, 2.24) is 0 Å². The SMILES string of the molecule is NC1CCCCCC1C(=O)Cc1sccc1Br. The number of ketones is 1. The lowest BCUT2D eigenvalue weighted by atomic mass is 9.89. The van der Waals surface area contributed by atoms with Crippen molar-refractivity contribution in [3.05, 3.63) is 20.8 Å². The van der Waals surface area contributed by atoms with E-state index in [-0.39, 0.29) is 12.0 Å². The summed E-state index contributed by atoms with van der Waals surface area (Å²) in [7, 11) is 0. The third-order valence-corrected chi connectivity index (χ3v) is 5.44. The minimum absolute atomic E-state index is 0.0729. The van der Waals surface area contributed by atoms with Crippen LogP contribution in [0.2, 0.25) is 0 Å². The third-order valence-electron chi connectivity index (χ3n) is 3.51. The zero-order valence-electron chi connectivity index (χ0n) is 9.82. The molecular weight excluding hydrogens is 298 g/mol. The molecule has 0 amide bonds. The van der Waals surface area contributed by atoms with Crippen LogP contribution in [0.25, 0.3) is 0 Å². The van der Waals surface area contributed by atoms with Gasteiger partial charge in [0.2, 0.25) is 0 Å². The van der Waals surface area contributed by atoms with Crippen molar-refractivity contribution in [3.63, 3.8) is 0 Å². The summed E-state index contributed by atoms with van der Waals surface area (Å²) < 4.78 is 1.05. The molecule has 0 aliphatic heterocycles. The van der Waals surface area contributed by atoms with Crippen LogP contribution in [0.5, 0.6) is 0 Å². The van der Waals surface area contributed by atoms with Crippen LogP contribution in [-0.4, -0.2) is 11.8 Å². The number of rotatable bonds is 3. The van der Waals surface area contributed by atoms with E-state index in [0.29, 0.717) is 12.2 Å². The van der Waals surface area contributed by atoms with Crippen molar-refractivity contribution < 1.29 is 4.79 Å². The van der Waals surface area contributed by atoms with E-state index in [1.165, 1.54) is 12.8 Å². The minimum atomic E-state index is 0.0729. The lowest BCUT2D eigenvalue weighted by molar-refractivity contribution is -0.122. The molecule has 1 saturated carbocycles. The van der Waals surface area contributed by atoms with E-state index < -0.39 is 0 Å². The highest BCUT2D eigenvalue weighted by Gasteiger charge is 2.27. The Balaban J connectivity index is 2.01. The summed E-state index contributed by atoms with van der Waals surface area (Å²) in [4.78, 5) is 13.4. The van der Waals surface area contributed by atoms with Gasteiger partial charge >= 0.3 is 0 Å². The number of carbonyl (C=O) groups excluding carboxylic acids is 1. The van der Waals surface area contributed by atoms with Crippen LogP contribution < -0.4 is 5.73 Å². The zero-order chi connectivity index (χ0) is 12.3. The first-order chi connectivity index (χ1) is 8.18. The highest BCUT2D eigenvalue weighted by Crippen LogP contribution is 2.28. The van der Waals surface area contributed by atoms with Gasteiger partial charge < -0.3 is 5.73 Å². The maximum atomic E-state index is 12.3. The van der Waals surface area contributed by atoms with E-state index in [0.717, 1.165) is 28.6 Å². The van der Waals surface area contributed by atoms with E-state index in [1.807, 2.05) is 11.4 Å². The van der Waals surface area contributed by atoms with Gasteiger partial charge in [-0.3, -0.25) is 4.79 Å². The first kappa shape index (κ1) is 13.2. The van der Waals surface area contributed by atoms with Crippen molar-refractivity contribution in [2.45, 2.75) is 44.6 Å². The molecule has 4 heteroatoms. The summed E-state index contributed by atoms with van der Waals surface area (Å²) in [6.45, 7) is 0. The molecule has 1 aromatic heterocycles. The fourth-order valence-electron chi connectivity index (χ4n) is 2.48. The summed E-state index contributed by atoms with van der Waals surface area (Å²) in [5.41, 5.74) is 6.12. The van der Waals surface area contributed by atoms with Gasteiger partial charge in [0.25, 0.3) is 0 Å². The Labute approximate surface area is 115 Å². The molecular formula is C13H18BrNOS. The maximum absolute atomic E-state index is 12.3. The molecule has 2 rings (SSSR count). The lowest BCUT2D eigenvalue weighted by Gasteiger charge is -2.19. The monoisotopic (exact) mass is 315 g/mol. The number of hydrogen-bond donors (Lipinski definition) is 1. The van der Waals surface area contributed by atoms with Crippen molar-refractivity contribution in [1.29, 1.82) is 0 Å². The Morgan fingerprint density at radius 3 is 2.88 bits per heavy atom. The van der Waals surface area contributed by atoms with Gasteiger partial charge in [0.1, 0.15) is 5.78 Å². The van der Waals surface area contributed by atoms with Gasteiger partial charge in [-0.1, -0.05) is 19.3 Å². The zero-order valence-corrected chi connectivity index (χ0v) is 12.2. The summed E-state index contributed by atoms with van der Waals surface area (Å²) >= 11 is 5.12. The van der Waals surface area contributed by atoms with E-state index >= 15 is 0 Å². The van der Waals surface area contributed by atoms with Crippen LogP contribution in [0.3, 0.4) is 0 Å². The summed E-state index contributed by atoms with van der Waals surface area (Å²) in [5, 5.41) is 2.01. The first-order valence-electron chi connectivity index (χ1n) is 6.18. The number of thiophene rings is 1. The Morgan fingerprint density at radius 1 is 1.41 bits per heavy atom. The van der Waals surface area contributed by atoms with Crippen molar-refractivity contribution in [2.24, 2.45) is 11.7 Å². The fraction of sp³-hybridized carbons (Fsp3) is 0.615. The van der Waals surface area contributed by atoms with E-state index in [9.17, 15) is 4.79 Å². The average molecular weight is 316 g/mol. The second-order valence-corrected chi connectivity index (χ2v) is 6.60. The molecule has 94 valence electrons. The largest absolute Gasteiger partial charge is 0.327 e. The summed E-state index contributed by atoms with van der Waals surface area (Å²) in [5.74, 6) is 0.397. The predicted molar refractivity (Wildman–Crippen MR) is 75.3 cm³/mol. The highest BCUT2D eigenvalue weighted by atomic mass is 79.9. The molecule has 2 nitrogen and oxygen atoms in total. The van der Waals surface area contributed by atoms with Crippen LogP contribution in [0.4, 0.5) is 0 Å². The van der Waals surface area contributed by atoms with Crippen molar-refractivity contribution >= 4 is 33.0 Å². The molecule has 0 bridgehead atoms. The molecule has 1 aliphatic carbocycles. The number of halogens is 1. The van der Waals surface area contributed by atoms with Gasteiger partial charge in [0.15, 0.2) is 0 Å². The van der Waals surface area contributed by atoms with Crippen LogP contribution in [0, 0.1) is 5.92 Å². The van der Waals surface area contributed by atoms with Gasteiger partial charge in [-0.25, -0.2) is 0 Å². The number of nitrogens with two attached hydrogens (primary N) is 1. The molecule has 1 aromatic rings. The Kier molecular flexibility index (Phi) is 4.77. The Bertz CT molecular complexity index is 391. The molecule has 1 heterocycles. The normalized spacial score (nSPS) is 25.5. The summed E-state index contributed by atoms with van der Waals surface area (Å²) in [6.07, 6.45) is 6.06. The van der Waals surface area contributed by atoms with Crippen molar-refractivity contribution in [2.75, 3.05) is 0 Å².